The largest absolute Gasteiger partial charge is 0.444 e. The fourth-order valence-corrected chi connectivity index (χ4v) is 3.44. The molecule has 2 heterocycles. The molecule has 0 aliphatic rings. The third-order valence-corrected chi connectivity index (χ3v) is 4.78. The van der Waals surface area contributed by atoms with Crippen molar-refractivity contribution in [1.82, 2.24) is 9.97 Å². The lowest BCUT2D eigenvalue weighted by molar-refractivity contribution is 0.100. The molecule has 0 atom stereocenters. The number of aromatic nitrogens is 2. The quantitative estimate of drug-likeness (QED) is 0.439. The number of carbonyl (C=O) groups excluding carboxylic acids is 1. The summed E-state index contributed by atoms with van der Waals surface area (Å²) in [5.41, 5.74) is 14.0. The molecule has 0 aliphatic carbocycles. The Morgan fingerprint density at radius 3 is 2.66 bits per heavy atom. The predicted molar refractivity (Wildman–Crippen MR) is 115 cm³/mol. The van der Waals surface area contributed by atoms with Gasteiger partial charge in [-0.3, -0.25) is 4.79 Å². The zero-order valence-corrected chi connectivity index (χ0v) is 16.0. The van der Waals surface area contributed by atoms with Crippen molar-refractivity contribution >= 4 is 33.9 Å². The number of rotatable bonds is 6. The highest BCUT2D eigenvalue weighted by molar-refractivity contribution is 7.17. The van der Waals surface area contributed by atoms with Crippen LogP contribution in [0.15, 0.2) is 72.9 Å². The predicted octanol–water partition coefficient (Wildman–Crippen LogP) is 4.42. The molecule has 4 rings (SSSR count). The molecule has 0 saturated carbocycles. The Balaban J connectivity index is 1.58. The molecule has 0 saturated heterocycles. The molecule has 4 aromatic rings. The number of ether oxygens (including phenoxy) is 1. The topological polar surface area (TPSA) is 116 Å². The average molecular weight is 403 g/mol. The van der Waals surface area contributed by atoms with Gasteiger partial charge in [-0.25, -0.2) is 9.97 Å². The number of anilines is 3. The Morgan fingerprint density at radius 2 is 1.86 bits per heavy atom. The molecule has 0 bridgehead atoms. The first-order valence-electron chi connectivity index (χ1n) is 8.71. The van der Waals surface area contributed by atoms with Crippen LogP contribution >= 0.6 is 11.3 Å². The van der Waals surface area contributed by atoms with Crippen molar-refractivity contribution in [3.05, 3.63) is 78.5 Å². The van der Waals surface area contributed by atoms with Gasteiger partial charge < -0.3 is 21.5 Å². The molecular formula is C21H17N5O2S. The van der Waals surface area contributed by atoms with Crippen LogP contribution in [0.5, 0.6) is 10.8 Å². The maximum atomic E-state index is 11.4. The lowest BCUT2D eigenvalue weighted by Gasteiger charge is -2.09. The van der Waals surface area contributed by atoms with Gasteiger partial charge in [0, 0.05) is 29.1 Å². The summed E-state index contributed by atoms with van der Waals surface area (Å²) >= 11 is 1.27. The van der Waals surface area contributed by atoms with E-state index in [1.54, 1.807) is 36.5 Å². The van der Waals surface area contributed by atoms with E-state index in [1.807, 2.05) is 36.4 Å². The first kappa shape index (κ1) is 18.5. The zero-order chi connectivity index (χ0) is 20.2. The molecule has 2 aromatic carbocycles. The van der Waals surface area contributed by atoms with Crippen LogP contribution in [0.3, 0.4) is 0 Å². The number of primary amides is 1. The van der Waals surface area contributed by atoms with E-state index < -0.39 is 5.91 Å². The van der Waals surface area contributed by atoms with Gasteiger partial charge in [-0.05, 0) is 24.3 Å². The number of hydrogen-bond acceptors (Lipinski definition) is 7. The van der Waals surface area contributed by atoms with Gasteiger partial charge in [0.15, 0.2) is 5.13 Å². The van der Waals surface area contributed by atoms with E-state index in [0.717, 1.165) is 5.56 Å². The monoisotopic (exact) mass is 403 g/mol. The number of nitrogens with zero attached hydrogens (tertiary/aromatic N) is 2. The van der Waals surface area contributed by atoms with E-state index in [1.165, 1.54) is 11.3 Å². The van der Waals surface area contributed by atoms with Crippen LogP contribution in [0.25, 0.3) is 11.3 Å². The van der Waals surface area contributed by atoms with E-state index in [0.29, 0.717) is 38.7 Å². The van der Waals surface area contributed by atoms with Crippen LogP contribution in [0, 0.1) is 0 Å². The molecule has 0 unspecified atom stereocenters. The summed E-state index contributed by atoms with van der Waals surface area (Å²) in [6.45, 7) is 0. The molecule has 1 amide bonds. The lowest BCUT2D eigenvalue weighted by atomic mass is 10.2. The van der Waals surface area contributed by atoms with Crippen molar-refractivity contribution in [3.63, 3.8) is 0 Å². The van der Waals surface area contributed by atoms with Gasteiger partial charge in [0.05, 0.1) is 0 Å². The number of benzene rings is 2. The van der Waals surface area contributed by atoms with Gasteiger partial charge in [0.1, 0.15) is 17.3 Å². The first-order chi connectivity index (χ1) is 14.1. The Labute approximate surface area is 171 Å². The lowest BCUT2D eigenvalue weighted by Crippen LogP contribution is -2.10. The molecule has 144 valence electrons. The average Bonchev–Trinajstić information content (AvgIpc) is 3.09. The van der Waals surface area contributed by atoms with E-state index in [4.69, 9.17) is 16.2 Å². The Morgan fingerprint density at radius 1 is 1.03 bits per heavy atom. The molecule has 7 nitrogen and oxygen atoms in total. The SMILES string of the molecule is NC(=O)c1cccc(Nc2cc(Oc3sc(N)nc3-c3ccccc3)ccn2)c1. The second-order valence-electron chi connectivity index (χ2n) is 6.10. The van der Waals surface area contributed by atoms with E-state index in [-0.39, 0.29) is 0 Å². The van der Waals surface area contributed by atoms with Crippen LogP contribution in [-0.4, -0.2) is 15.9 Å². The Kier molecular flexibility index (Phi) is 5.08. The number of pyridine rings is 1. The number of hydrogen-bond donors (Lipinski definition) is 3. The van der Waals surface area contributed by atoms with Crippen molar-refractivity contribution in [2.75, 3.05) is 11.1 Å². The third kappa shape index (κ3) is 4.33. The highest BCUT2D eigenvalue weighted by atomic mass is 32.1. The van der Waals surface area contributed by atoms with Gasteiger partial charge in [-0.15, -0.1) is 0 Å². The fourth-order valence-electron chi connectivity index (χ4n) is 2.72. The van der Waals surface area contributed by atoms with Gasteiger partial charge in [0.25, 0.3) is 0 Å². The molecule has 0 aliphatic heterocycles. The van der Waals surface area contributed by atoms with Crippen LogP contribution in [-0.2, 0) is 0 Å². The van der Waals surface area contributed by atoms with E-state index >= 15 is 0 Å². The Bertz CT molecular complexity index is 1160. The van der Waals surface area contributed by atoms with Crippen molar-refractivity contribution in [2.24, 2.45) is 5.73 Å². The van der Waals surface area contributed by atoms with E-state index in [9.17, 15) is 4.79 Å². The summed E-state index contributed by atoms with van der Waals surface area (Å²) in [7, 11) is 0. The highest BCUT2D eigenvalue weighted by Crippen LogP contribution is 2.39. The van der Waals surface area contributed by atoms with Gasteiger partial charge >= 0.3 is 0 Å². The zero-order valence-electron chi connectivity index (χ0n) is 15.2. The Hall–Kier alpha value is -3.91. The fraction of sp³-hybridized carbons (Fsp3) is 0. The molecule has 0 fully saturated rings. The minimum absolute atomic E-state index is 0.412. The van der Waals surface area contributed by atoms with Gasteiger partial charge in [-0.2, -0.15) is 0 Å². The molecular weight excluding hydrogens is 386 g/mol. The van der Waals surface area contributed by atoms with Crippen molar-refractivity contribution in [3.8, 4) is 22.1 Å². The van der Waals surface area contributed by atoms with Crippen LogP contribution in [0.2, 0.25) is 0 Å². The van der Waals surface area contributed by atoms with Gasteiger partial charge in [0.2, 0.25) is 11.0 Å². The molecule has 29 heavy (non-hydrogen) atoms. The maximum Gasteiger partial charge on any atom is 0.248 e. The number of thiazole rings is 1. The van der Waals surface area contributed by atoms with Gasteiger partial charge in [-0.1, -0.05) is 47.7 Å². The minimum Gasteiger partial charge on any atom is -0.444 e. The molecule has 2 aromatic heterocycles. The number of nitrogen functional groups attached to an aromatic ring is 1. The highest BCUT2D eigenvalue weighted by Gasteiger charge is 2.14. The number of carbonyl (C=O) groups is 1. The summed E-state index contributed by atoms with van der Waals surface area (Å²) in [6.07, 6.45) is 1.63. The van der Waals surface area contributed by atoms with Crippen LogP contribution in [0.1, 0.15) is 10.4 Å². The molecule has 8 heteroatoms. The third-order valence-electron chi connectivity index (χ3n) is 4.02. The number of amides is 1. The van der Waals surface area contributed by atoms with Crippen molar-refractivity contribution < 1.29 is 9.53 Å². The molecule has 0 spiro atoms. The second kappa shape index (κ2) is 7.99. The smallest absolute Gasteiger partial charge is 0.248 e. The first-order valence-corrected chi connectivity index (χ1v) is 9.52. The molecule has 0 radical (unpaired) electrons. The van der Waals surface area contributed by atoms with Crippen molar-refractivity contribution in [1.29, 1.82) is 0 Å². The van der Waals surface area contributed by atoms with E-state index in [2.05, 4.69) is 15.3 Å². The molecule has 5 N–H and O–H groups in total. The normalized spacial score (nSPS) is 10.5. The van der Waals surface area contributed by atoms with Crippen LogP contribution in [0.4, 0.5) is 16.6 Å². The maximum absolute atomic E-state index is 11.4. The summed E-state index contributed by atoms with van der Waals surface area (Å²) in [5, 5.41) is 4.17. The summed E-state index contributed by atoms with van der Waals surface area (Å²) < 4.78 is 6.05. The number of nitrogens with one attached hydrogen (secondary N) is 1. The van der Waals surface area contributed by atoms with Crippen LogP contribution < -0.4 is 21.5 Å². The second-order valence-corrected chi connectivity index (χ2v) is 7.10. The standard InChI is InChI=1S/C21H17N5O2S/c22-19(27)14-7-4-8-15(11-14)25-17-12-16(9-10-24-17)28-20-18(26-21(23)29-20)13-5-2-1-3-6-13/h1-12H,(H2,22,27)(H2,23,26)(H,24,25). The minimum atomic E-state index is -0.491. The summed E-state index contributed by atoms with van der Waals surface area (Å²) in [4.78, 5) is 20.0. The summed E-state index contributed by atoms with van der Waals surface area (Å²) in [5.74, 6) is 0.646. The number of nitrogens with two attached hydrogens (primary N) is 2. The summed E-state index contributed by atoms with van der Waals surface area (Å²) in [6, 6.07) is 20.1. The van der Waals surface area contributed by atoms with Crippen molar-refractivity contribution in [2.45, 2.75) is 0 Å².